The average molecular weight is 317 g/mol. The third-order valence-electron chi connectivity index (χ3n) is 3.48. The van der Waals surface area contributed by atoms with Crippen LogP contribution in [0.4, 0.5) is 10.5 Å². The van der Waals surface area contributed by atoms with Crippen molar-refractivity contribution in [2.45, 2.75) is 13.3 Å². The van der Waals surface area contributed by atoms with Crippen molar-refractivity contribution in [2.24, 2.45) is 0 Å². The van der Waals surface area contributed by atoms with Gasteiger partial charge in [-0.15, -0.1) is 0 Å². The molecule has 1 aliphatic rings. The molecule has 6 heteroatoms. The molecule has 1 heterocycles. The lowest BCUT2D eigenvalue weighted by molar-refractivity contribution is -0.904. The van der Waals surface area contributed by atoms with E-state index < -0.39 is 0 Å². The molecule has 0 atom stereocenters. The number of halogens is 2. The number of rotatable bonds is 3. The minimum Gasteiger partial charge on any atom is -0.332 e. The summed E-state index contributed by atoms with van der Waals surface area (Å²) in [6.07, 6.45) is 1.18. The molecular weight excluding hydrogens is 297 g/mol. The zero-order chi connectivity index (χ0) is 14.5. The van der Waals surface area contributed by atoms with Crippen molar-refractivity contribution in [3.05, 3.63) is 28.2 Å². The summed E-state index contributed by atoms with van der Waals surface area (Å²) >= 11 is 11.8. The monoisotopic (exact) mass is 316 g/mol. The average Bonchev–Trinajstić information content (AvgIpc) is 2.38. The molecule has 20 heavy (non-hydrogen) atoms. The number of hydrogen-bond acceptors (Lipinski definition) is 1. The van der Waals surface area contributed by atoms with E-state index >= 15 is 0 Å². The van der Waals surface area contributed by atoms with Crippen LogP contribution < -0.4 is 10.2 Å². The molecule has 2 N–H and O–H groups in total. The second-order valence-corrected chi connectivity index (χ2v) is 5.95. The number of amides is 2. The van der Waals surface area contributed by atoms with Crippen LogP contribution in [-0.4, -0.2) is 43.7 Å². The number of nitrogens with one attached hydrogen (secondary N) is 2. The summed E-state index contributed by atoms with van der Waals surface area (Å²) in [4.78, 5) is 15.6. The van der Waals surface area contributed by atoms with Gasteiger partial charge in [-0.2, -0.15) is 0 Å². The summed E-state index contributed by atoms with van der Waals surface area (Å²) in [5.41, 5.74) is 0.635. The number of hydrogen-bond donors (Lipinski definition) is 2. The minimum atomic E-state index is -0.0844. The first-order valence-corrected chi connectivity index (χ1v) is 7.69. The number of benzene rings is 1. The van der Waals surface area contributed by atoms with E-state index in [0.29, 0.717) is 15.7 Å². The molecule has 2 amide bonds. The van der Waals surface area contributed by atoms with Crippen LogP contribution in [0.1, 0.15) is 13.3 Å². The molecule has 1 aromatic rings. The molecule has 0 unspecified atom stereocenters. The number of nitrogens with zero attached hydrogens (tertiary/aromatic N) is 1. The van der Waals surface area contributed by atoms with Gasteiger partial charge in [-0.25, -0.2) is 4.79 Å². The Balaban J connectivity index is 1.89. The van der Waals surface area contributed by atoms with Gasteiger partial charge < -0.3 is 15.1 Å². The van der Waals surface area contributed by atoms with Crippen LogP contribution in [0, 0.1) is 0 Å². The van der Waals surface area contributed by atoms with E-state index in [1.54, 1.807) is 23.1 Å². The van der Waals surface area contributed by atoms with E-state index in [4.69, 9.17) is 23.2 Å². The number of piperazine rings is 1. The molecule has 0 saturated carbocycles. The number of anilines is 1. The van der Waals surface area contributed by atoms with Crippen LogP contribution in [0.25, 0.3) is 0 Å². The molecule has 1 aliphatic heterocycles. The standard InChI is InChI=1S/C14H19Cl2N3O/c1-2-3-18-4-6-19(7-5-18)14(20)17-13-9-11(15)8-12(16)10-13/h8-10H,2-7H2,1H3,(H,17,20)/p+1. The van der Waals surface area contributed by atoms with E-state index in [-0.39, 0.29) is 6.03 Å². The zero-order valence-corrected chi connectivity index (χ0v) is 13.1. The van der Waals surface area contributed by atoms with Crippen LogP contribution in [0.15, 0.2) is 18.2 Å². The first kappa shape index (κ1) is 15.4. The predicted octanol–water partition coefficient (Wildman–Crippen LogP) is 2.14. The van der Waals surface area contributed by atoms with Gasteiger partial charge in [0.2, 0.25) is 0 Å². The SMILES string of the molecule is CCC[NH+]1CCN(C(=O)Nc2cc(Cl)cc(Cl)c2)CC1. The smallest absolute Gasteiger partial charge is 0.322 e. The normalized spacial score (nSPS) is 16.2. The zero-order valence-electron chi connectivity index (χ0n) is 11.6. The Labute approximate surface area is 129 Å². The topological polar surface area (TPSA) is 36.8 Å². The molecule has 1 fully saturated rings. The van der Waals surface area contributed by atoms with Gasteiger partial charge in [0.1, 0.15) is 0 Å². The molecule has 4 nitrogen and oxygen atoms in total. The summed E-state index contributed by atoms with van der Waals surface area (Å²) in [6.45, 7) is 6.97. The van der Waals surface area contributed by atoms with Crippen molar-refractivity contribution in [2.75, 3.05) is 38.0 Å². The first-order chi connectivity index (χ1) is 9.58. The largest absolute Gasteiger partial charge is 0.332 e. The van der Waals surface area contributed by atoms with E-state index in [1.807, 2.05) is 4.90 Å². The number of carbonyl (C=O) groups is 1. The number of quaternary nitrogens is 1. The van der Waals surface area contributed by atoms with E-state index in [1.165, 1.54) is 13.0 Å². The summed E-state index contributed by atoms with van der Waals surface area (Å²) in [7, 11) is 0. The Morgan fingerprint density at radius 2 is 1.85 bits per heavy atom. The van der Waals surface area contributed by atoms with Gasteiger partial charge in [0, 0.05) is 15.7 Å². The number of carbonyl (C=O) groups excluding carboxylic acids is 1. The fourth-order valence-corrected chi connectivity index (χ4v) is 2.98. The Bertz CT molecular complexity index is 453. The molecule has 1 saturated heterocycles. The van der Waals surface area contributed by atoms with Crippen molar-refractivity contribution in [3.63, 3.8) is 0 Å². The molecule has 0 spiro atoms. The van der Waals surface area contributed by atoms with Gasteiger partial charge >= 0.3 is 6.03 Å². The highest BCUT2D eigenvalue weighted by Gasteiger charge is 2.23. The highest BCUT2D eigenvalue weighted by Crippen LogP contribution is 2.22. The van der Waals surface area contributed by atoms with Crippen LogP contribution in [-0.2, 0) is 0 Å². The van der Waals surface area contributed by atoms with Gasteiger partial charge in [0.25, 0.3) is 0 Å². The van der Waals surface area contributed by atoms with Crippen molar-refractivity contribution < 1.29 is 9.69 Å². The third-order valence-corrected chi connectivity index (χ3v) is 3.91. The fraction of sp³-hybridized carbons (Fsp3) is 0.500. The summed E-state index contributed by atoms with van der Waals surface area (Å²) < 4.78 is 0. The molecule has 110 valence electrons. The molecule has 2 rings (SSSR count). The van der Waals surface area contributed by atoms with Gasteiger partial charge in [-0.1, -0.05) is 30.1 Å². The van der Waals surface area contributed by atoms with Crippen molar-refractivity contribution in [1.82, 2.24) is 4.90 Å². The Morgan fingerprint density at radius 1 is 1.25 bits per heavy atom. The second kappa shape index (κ2) is 7.16. The Morgan fingerprint density at radius 3 is 2.40 bits per heavy atom. The quantitative estimate of drug-likeness (QED) is 0.880. The molecular formula is C14H20Cl2N3O+. The maximum atomic E-state index is 12.2. The maximum Gasteiger partial charge on any atom is 0.322 e. The molecule has 0 bridgehead atoms. The van der Waals surface area contributed by atoms with Gasteiger partial charge in [0.05, 0.1) is 32.7 Å². The van der Waals surface area contributed by atoms with Crippen LogP contribution >= 0.6 is 23.2 Å². The van der Waals surface area contributed by atoms with Crippen molar-refractivity contribution in [3.8, 4) is 0 Å². The lowest BCUT2D eigenvalue weighted by atomic mass is 10.3. The van der Waals surface area contributed by atoms with E-state index in [2.05, 4.69) is 12.2 Å². The second-order valence-electron chi connectivity index (χ2n) is 5.08. The maximum absolute atomic E-state index is 12.2. The van der Waals surface area contributed by atoms with Gasteiger partial charge in [-0.3, -0.25) is 0 Å². The molecule has 0 radical (unpaired) electrons. The Hall–Kier alpha value is -0.970. The highest BCUT2D eigenvalue weighted by atomic mass is 35.5. The summed E-state index contributed by atoms with van der Waals surface area (Å²) in [5.74, 6) is 0. The van der Waals surface area contributed by atoms with Crippen molar-refractivity contribution >= 4 is 34.9 Å². The van der Waals surface area contributed by atoms with Gasteiger partial charge in [-0.05, 0) is 24.6 Å². The molecule has 0 aromatic heterocycles. The summed E-state index contributed by atoms with van der Waals surface area (Å²) in [5, 5.41) is 3.89. The van der Waals surface area contributed by atoms with Gasteiger partial charge in [0.15, 0.2) is 0 Å². The fourth-order valence-electron chi connectivity index (χ4n) is 2.46. The summed E-state index contributed by atoms with van der Waals surface area (Å²) in [6, 6.07) is 4.96. The number of urea groups is 1. The first-order valence-electron chi connectivity index (χ1n) is 6.94. The van der Waals surface area contributed by atoms with E-state index in [9.17, 15) is 4.79 Å². The Kier molecular flexibility index (Phi) is 5.52. The lowest BCUT2D eigenvalue weighted by Crippen LogP contribution is -3.14. The minimum absolute atomic E-state index is 0.0844. The molecule has 0 aliphatic carbocycles. The van der Waals surface area contributed by atoms with Crippen molar-refractivity contribution in [1.29, 1.82) is 0 Å². The van der Waals surface area contributed by atoms with E-state index in [0.717, 1.165) is 26.2 Å². The predicted molar refractivity (Wildman–Crippen MR) is 82.9 cm³/mol. The van der Waals surface area contributed by atoms with Crippen LogP contribution in [0.5, 0.6) is 0 Å². The highest BCUT2D eigenvalue weighted by molar-refractivity contribution is 6.35. The molecule has 1 aromatic carbocycles. The van der Waals surface area contributed by atoms with Crippen LogP contribution in [0.3, 0.4) is 0 Å². The third kappa shape index (κ3) is 4.27. The lowest BCUT2D eigenvalue weighted by Gasteiger charge is -2.32. The van der Waals surface area contributed by atoms with Crippen LogP contribution in [0.2, 0.25) is 10.0 Å².